The monoisotopic (exact) mass is 2260 g/mol. The van der Waals surface area contributed by atoms with Crippen LogP contribution in [0.2, 0.25) is 0 Å². The Bertz CT molecular complexity index is 6900. The minimum Gasteiger partial charge on any atom is -0.387 e. The molecule has 6 aliphatic heterocycles. The van der Waals surface area contributed by atoms with Crippen molar-refractivity contribution in [3.8, 4) is 0 Å². The van der Waals surface area contributed by atoms with Crippen molar-refractivity contribution < 1.29 is 151 Å². The Balaban J connectivity index is 0.692. The molecular weight excluding hydrogens is 2160 g/mol. The smallest absolute Gasteiger partial charge is 0.351 e. The largest absolute Gasteiger partial charge is 0.387 e. The molecular formula is C75H106N25O37P5S5. The van der Waals surface area contributed by atoms with Gasteiger partial charge in [-0.15, -0.1) is 0 Å². The van der Waals surface area contributed by atoms with Gasteiger partial charge in [-0.05, 0) is 79.8 Å². The van der Waals surface area contributed by atoms with E-state index in [0.29, 0.717) is 16.7 Å². The van der Waals surface area contributed by atoms with Crippen LogP contribution in [-0.2, 0) is 180 Å². The predicted molar refractivity (Wildman–Crippen MR) is 523 cm³/mol. The molecule has 72 heteroatoms. The molecule has 10 aromatic heterocycles. The highest BCUT2D eigenvalue weighted by Gasteiger charge is 2.58. The average Bonchev–Trinajstić information content (AvgIpc) is 1.61. The van der Waals surface area contributed by atoms with Crippen LogP contribution in [0, 0.1) is 13.8 Å². The zero-order valence-corrected chi connectivity index (χ0v) is 87.4. The minimum absolute atomic E-state index is 0.0182. The summed E-state index contributed by atoms with van der Waals surface area (Å²) >= 11 is 29.1. The molecule has 6 fully saturated rings. The Morgan fingerprint density at radius 3 is 1.11 bits per heavy atom. The number of aliphatic hydroxyl groups is 1. The number of nitrogens with zero attached hydrogens (tertiary/aromatic N) is 17. The van der Waals surface area contributed by atoms with E-state index >= 15 is 0 Å². The number of anilines is 5. The molecule has 16 rings (SSSR count). The first kappa shape index (κ1) is 112. The number of hydrogen-bond acceptors (Lipinski definition) is 53. The zero-order chi connectivity index (χ0) is 105. The molecule has 6 saturated heterocycles. The summed E-state index contributed by atoms with van der Waals surface area (Å²) < 4.78 is 168. The molecule has 10 unspecified atom stereocenters. The third-order valence-electron chi connectivity index (χ3n) is 23.7. The molecule has 16 heterocycles. The van der Waals surface area contributed by atoms with E-state index in [9.17, 15) is 53.5 Å². The Labute approximate surface area is 854 Å². The Morgan fingerprint density at radius 1 is 0.374 bits per heavy atom. The molecule has 62 nitrogen and oxygen atoms in total. The van der Waals surface area contributed by atoms with E-state index in [1.807, 2.05) is 0 Å². The number of H-pyrrole nitrogens is 3. The molecule has 147 heavy (non-hydrogen) atoms. The molecule has 0 spiro atoms. The third-order valence-corrected chi connectivity index (χ3v) is 31.6. The van der Waals surface area contributed by atoms with Crippen molar-refractivity contribution in [2.75, 3.05) is 163 Å². The van der Waals surface area contributed by atoms with Crippen molar-refractivity contribution in [1.82, 2.24) is 97.2 Å². The number of aromatic nitrogens is 20. The van der Waals surface area contributed by atoms with E-state index in [2.05, 4.69) is 69.8 Å². The van der Waals surface area contributed by atoms with Crippen molar-refractivity contribution in [1.29, 1.82) is 0 Å². The Hall–Kier alpha value is -7.67. The lowest BCUT2D eigenvalue weighted by Crippen LogP contribution is -2.42. The standard InChI is InChI=1S/C75H106N25O37P5S5/c1-33-20-95(74(105)89-57(33)76)67-52(117-14-9-112-4)47(101)37(128-67)22-122-139(108,144)135-50-40(131-70(55(50)120-17-12-115-7)99-31-87-45-62(99)90-72(79)92-65(45)103)25-125-140(109,145)134-48-38(129-68(53(48)118-15-10-113-5)96-21-34(2)64(102)94-75(96)106)24-124-141(110,146)137-51-41(132-71(56(51)121-18-13-116-8)100-32-88-46-63(100)91-73(80)93-66(46)104)26-126-142(111,147)136-49-39(130-69(54(49)119-16-11-114-6)98-30-86-44-59(78)82-28-84-61(44)98)23-123-138(107,143)133-36-19-42(127-35(36)3)97-29-85-43-58(77)81-27-83-60(43)97/h20-21,27-32,35-42,47-56,67-71,101H,9-19,22-26H2,1-8H3,(H,107,143)(H,108,144)(H,109,145)(H,110,146)(H,111,147)(H2,76,89,105)(H2,77,81,83)(H2,78,82,84)(H,94,102,106)(H3,79,90,92,103)(H3,80,91,93,104)/t35-,36-,37-,38-,39-,40-,41-,42-,47+,48+,49+,50+,51+,52?,53?,54?,55?,56?,67-,68-,69-,70-,71-,138?,139?,140?,141?,142?/m1/s1. The van der Waals surface area contributed by atoms with Crippen LogP contribution >= 0.6 is 33.6 Å². The number of imidazole rings is 4. The van der Waals surface area contributed by atoms with Crippen molar-refractivity contribution >= 4 is 167 Å². The van der Waals surface area contributed by atoms with Gasteiger partial charge in [-0.25, -0.2) is 49.5 Å². The number of hydrogen-bond donors (Lipinski definition) is 14. The number of nitrogen functional groups attached to an aromatic ring is 5. The Kier molecular flexibility index (Phi) is 36.5. The molecule has 0 aliphatic carbocycles. The third kappa shape index (κ3) is 25.7. The maximum Gasteiger partial charge on any atom is 0.351 e. The SMILES string of the molecule is COCCOC1[C@@H](O)[C@@H](COP(O)(=S)O[C@@H]2C(OCCOC)[C@H](n3cnc4c(=O)[nH]c(N)nc43)O[C@@H]2COP(O)(=S)O[C@@H]2C(OCCOC)[C@H](n3cc(C)c(=O)[nH]c3=O)O[C@@H]2COP(O)(=S)O[C@@H]2C(OCCOC)[C@H](n3cnc4c(=O)[nH]c(N)nc43)O[C@@H]2COP(O)(=S)O[C@@H]2C(OCCOC)[C@H](n3cnc4c(N)ncnc43)O[C@@H]2COP(O)(=S)O[C@@H]2C[C@H](n3cnc4c(N)ncnc43)O[C@@H]2C)O[C@H]1n1cc(C)c(N)nc1=O. The highest BCUT2D eigenvalue weighted by molar-refractivity contribution is 8.08. The number of methoxy groups -OCH3 is 5. The van der Waals surface area contributed by atoms with Crippen molar-refractivity contribution in [2.45, 2.75) is 168 Å². The summed E-state index contributed by atoms with van der Waals surface area (Å²) in [5, 5.41) is 11.9. The van der Waals surface area contributed by atoms with Crippen LogP contribution in [0.15, 0.2) is 74.3 Å². The molecule has 10 aromatic rings. The molecule has 0 radical (unpaired) electrons. The van der Waals surface area contributed by atoms with Crippen LogP contribution in [0.3, 0.4) is 0 Å². The quantitative estimate of drug-likeness (QED) is 0.0140. The summed E-state index contributed by atoms with van der Waals surface area (Å²) in [6.07, 6.45) is -24.0. The molecule has 808 valence electrons. The molecule has 0 saturated carbocycles. The van der Waals surface area contributed by atoms with E-state index < -0.39 is 236 Å². The van der Waals surface area contributed by atoms with Gasteiger partial charge in [0.2, 0.25) is 11.9 Å². The summed E-state index contributed by atoms with van der Waals surface area (Å²) in [6, 6.07) is 0. The van der Waals surface area contributed by atoms with E-state index in [-0.39, 0.29) is 141 Å². The molecule has 19 N–H and O–H groups in total. The lowest BCUT2D eigenvalue weighted by Gasteiger charge is -2.31. The fraction of sp³-hybridized carbons (Fsp3) is 0.627. The maximum absolute atomic E-state index is 14.2. The van der Waals surface area contributed by atoms with Crippen molar-refractivity contribution in [3.63, 3.8) is 0 Å². The summed E-state index contributed by atoms with van der Waals surface area (Å²) in [7, 11) is 6.89. The van der Waals surface area contributed by atoms with Gasteiger partial charge in [-0.1, -0.05) is 0 Å². The second kappa shape index (κ2) is 47.9. The van der Waals surface area contributed by atoms with Gasteiger partial charge in [-0.3, -0.25) is 74.8 Å². The summed E-state index contributed by atoms with van der Waals surface area (Å²) in [4.78, 5) is 184. The van der Waals surface area contributed by atoms with Crippen LogP contribution < -0.4 is 56.7 Å². The lowest BCUT2D eigenvalue weighted by atomic mass is 10.1. The average molecular weight is 2270 g/mol. The van der Waals surface area contributed by atoms with Crippen LogP contribution in [0.1, 0.15) is 61.8 Å². The minimum atomic E-state index is -5.08. The number of rotatable bonds is 51. The van der Waals surface area contributed by atoms with Crippen LogP contribution in [0.4, 0.5) is 29.4 Å². The summed E-state index contributed by atoms with van der Waals surface area (Å²) in [5.74, 6) is -0.706. The first-order chi connectivity index (χ1) is 70.1. The van der Waals surface area contributed by atoms with Crippen LogP contribution in [-0.4, -0.2) is 365 Å². The van der Waals surface area contributed by atoms with Crippen molar-refractivity contribution in [3.05, 3.63) is 114 Å². The number of nitrogens with one attached hydrogen (secondary N) is 3. The highest BCUT2D eigenvalue weighted by atomic mass is 32.5. The maximum atomic E-state index is 14.2. The van der Waals surface area contributed by atoms with Crippen LogP contribution in [0.25, 0.3) is 44.7 Å². The molecule has 0 aromatic carbocycles. The van der Waals surface area contributed by atoms with Gasteiger partial charge in [-0.2, -0.15) is 15.0 Å². The van der Waals surface area contributed by atoms with E-state index in [4.69, 9.17) is 209 Å². The second-order valence-electron chi connectivity index (χ2n) is 33.4. The fourth-order valence-corrected chi connectivity index (χ4v) is 24.1. The van der Waals surface area contributed by atoms with E-state index in [0.717, 1.165) is 28.0 Å². The van der Waals surface area contributed by atoms with Crippen molar-refractivity contribution in [2.24, 2.45) is 0 Å². The van der Waals surface area contributed by atoms with Gasteiger partial charge in [0, 0.05) is 65.5 Å². The number of fused-ring (bicyclic) bond motifs is 4. The predicted octanol–water partition coefficient (Wildman–Crippen LogP) is -2.33. The number of ether oxygens (including phenoxy) is 16. The topological polar surface area (TPSA) is 796 Å². The second-order valence-corrected chi connectivity index (χ2v) is 47.4. The molecule has 6 aliphatic rings. The summed E-state index contributed by atoms with van der Waals surface area (Å²) in [5.41, 5.74) is 26.7. The van der Waals surface area contributed by atoms with E-state index in [1.54, 1.807) is 18.4 Å². The number of aromatic amines is 3. The van der Waals surface area contributed by atoms with Gasteiger partial charge in [0.1, 0.15) is 127 Å². The van der Waals surface area contributed by atoms with Gasteiger partial charge in [0.15, 0.2) is 76.4 Å². The van der Waals surface area contributed by atoms with Gasteiger partial charge < -0.3 is 161 Å². The van der Waals surface area contributed by atoms with E-state index in [1.165, 1.54) is 87.7 Å². The molecule has 0 amide bonds. The first-order valence-corrected chi connectivity index (χ1v) is 57.5. The normalized spacial score (nSPS) is 29.0. The van der Waals surface area contributed by atoms with Gasteiger partial charge in [0.25, 0.3) is 16.7 Å². The zero-order valence-electron chi connectivity index (χ0n) is 78.8. The summed E-state index contributed by atoms with van der Waals surface area (Å²) in [6.45, 7) is -25.5. The lowest BCUT2D eigenvalue weighted by molar-refractivity contribution is -0.0830. The Morgan fingerprint density at radius 2 is 0.707 bits per heavy atom. The number of aliphatic hydroxyl groups excluding tert-OH is 1. The van der Waals surface area contributed by atoms with Gasteiger partial charge in [0.05, 0.1) is 137 Å². The fourth-order valence-electron chi connectivity index (χ4n) is 16.9. The van der Waals surface area contributed by atoms with Gasteiger partial charge >= 0.3 is 45.0 Å². The number of nitrogens with two attached hydrogens (primary N) is 5. The van der Waals surface area contributed by atoms with Crippen LogP contribution in [0.5, 0.6) is 0 Å². The molecule has 28 atom stereocenters. The molecule has 0 bridgehead atoms. The number of aryl methyl sites for hydroxylation is 2. The highest BCUT2D eigenvalue weighted by Crippen LogP contribution is 2.58. The first-order valence-electron chi connectivity index (χ1n) is 44.5.